The molecule has 0 aliphatic carbocycles. The highest BCUT2D eigenvalue weighted by Crippen LogP contribution is 2.11. The van der Waals surface area contributed by atoms with E-state index < -0.39 is 0 Å². The van der Waals surface area contributed by atoms with Crippen molar-refractivity contribution >= 4 is 17.7 Å². The lowest BCUT2D eigenvalue weighted by atomic mass is 10.1. The molecular weight excluding hydrogens is 302 g/mol. The Bertz CT molecular complexity index is 631. The number of thioether (sulfide) groups is 1. The number of aryl methyl sites for hydroxylation is 1. The van der Waals surface area contributed by atoms with Gasteiger partial charge in [-0.3, -0.25) is 4.79 Å². The fraction of sp³-hybridized carbons (Fsp3) is 0.429. The first-order valence-corrected chi connectivity index (χ1v) is 8.31. The fourth-order valence-corrected chi connectivity index (χ4v) is 2.51. The Kier molecular flexibility index (Phi) is 5.91. The highest BCUT2D eigenvalue weighted by Gasteiger charge is 2.14. The summed E-state index contributed by atoms with van der Waals surface area (Å²) in [6.45, 7) is 1.72. The first kappa shape index (κ1) is 16.4. The Morgan fingerprint density at radius 1 is 1.50 bits per heavy atom. The van der Waals surface area contributed by atoms with E-state index in [1.54, 1.807) is 41.6 Å². The minimum Gasteiger partial charge on any atom is -0.394 e. The molecule has 0 bridgehead atoms. The van der Waals surface area contributed by atoms with Gasteiger partial charge in [-0.2, -0.15) is 16.4 Å². The number of carbonyl (C=O) groups is 1. The van der Waals surface area contributed by atoms with Crippen molar-refractivity contribution in [1.29, 1.82) is 0 Å². The number of tetrazole rings is 1. The van der Waals surface area contributed by atoms with Gasteiger partial charge in [0.25, 0.3) is 5.91 Å². The maximum atomic E-state index is 12.3. The number of hydrogen-bond donors (Lipinski definition) is 2. The van der Waals surface area contributed by atoms with Crippen LogP contribution in [0, 0.1) is 6.92 Å². The van der Waals surface area contributed by atoms with Gasteiger partial charge in [0.2, 0.25) is 0 Å². The minimum absolute atomic E-state index is 0.0713. The molecule has 0 aliphatic rings. The molecule has 1 atom stereocenters. The van der Waals surface area contributed by atoms with Crippen LogP contribution in [0.2, 0.25) is 0 Å². The maximum Gasteiger partial charge on any atom is 0.251 e. The van der Waals surface area contributed by atoms with Gasteiger partial charge < -0.3 is 10.4 Å². The molecule has 0 spiro atoms. The average Bonchev–Trinajstić information content (AvgIpc) is 2.97. The molecule has 0 aliphatic heterocycles. The number of benzene rings is 1. The third-order valence-electron chi connectivity index (χ3n) is 3.20. The van der Waals surface area contributed by atoms with Gasteiger partial charge in [0, 0.05) is 5.56 Å². The molecule has 1 aromatic heterocycles. The van der Waals surface area contributed by atoms with E-state index in [9.17, 15) is 9.90 Å². The number of hydrogen-bond acceptors (Lipinski definition) is 6. The second-order valence-electron chi connectivity index (χ2n) is 4.82. The monoisotopic (exact) mass is 321 g/mol. The highest BCUT2D eigenvalue weighted by atomic mass is 32.2. The van der Waals surface area contributed by atoms with Crippen molar-refractivity contribution < 1.29 is 9.90 Å². The third kappa shape index (κ3) is 4.05. The quantitative estimate of drug-likeness (QED) is 0.784. The standard InChI is InChI=1S/C14H19N5O2S/c1-10-16-17-18-19(10)13-5-3-4-11(8-13)14(21)15-12(9-20)6-7-22-2/h3-5,8,12,20H,6-7,9H2,1-2H3,(H,15,21)/t12-/m1/s1. The number of aromatic nitrogens is 4. The van der Waals surface area contributed by atoms with Gasteiger partial charge in [-0.05, 0) is 54.0 Å². The van der Waals surface area contributed by atoms with Crippen LogP contribution in [0.3, 0.4) is 0 Å². The molecule has 2 rings (SSSR count). The highest BCUT2D eigenvalue weighted by molar-refractivity contribution is 7.98. The van der Waals surface area contributed by atoms with Gasteiger partial charge in [-0.25, -0.2) is 0 Å². The van der Waals surface area contributed by atoms with Crippen LogP contribution in [0.25, 0.3) is 5.69 Å². The summed E-state index contributed by atoms with van der Waals surface area (Å²) in [5.41, 5.74) is 1.23. The molecule has 2 N–H and O–H groups in total. The molecule has 118 valence electrons. The number of nitrogens with one attached hydrogen (secondary N) is 1. The summed E-state index contributed by atoms with van der Waals surface area (Å²) in [4.78, 5) is 12.3. The molecule has 0 saturated heterocycles. The summed E-state index contributed by atoms with van der Waals surface area (Å²) < 4.78 is 1.56. The van der Waals surface area contributed by atoms with Crippen molar-refractivity contribution in [2.75, 3.05) is 18.6 Å². The van der Waals surface area contributed by atoms with Gasteiger partial charge in [0.1, 0.15) is 0 Å². The third-order valence-corrected chi connectivity index (χ3v) is 3.85. The molecule has 1 aromatic carbocycles. The Balaban J connectivity index is 2.12. The summed E-state index contributed by atoms with van der Waals surface area (Å²) in [6, 6.07) is 6.82. The van der Waals surface area contributed by atoms with Crippen LogP contribution in [0.1, 0.15) is 22.6 Å². The number of amides is 1. The lowest BCUT2D eigenvalue weighted by Gasteiger charge is -2.16. The van der Waals surface area contributed by atoms with Gasteiger partial charge in [-0.1, -0.05) is 6.07 Å². The van der Waals surface area contributed by atoms with Crippen LogP contribution in [0.4, 0.5) is 0 Å². The smallest absolute Gasteiger partial charge is 0.251 e. The second-order valence-corrected chi connectivity index (χ2v) is 5.81. The normalized spacial score (nSPS) is 12.1. The number of aliphatic hydroxyl groups is 1. The summed E-state index contributed by atoms with van der Waals surface area (Å²) in [7, 11) is 0. The number of aliphatic hydroxyl groups excluding tert-OH is 1. The first-order chi connectivity index (χ1) is 10.7. The molecule has 2 aromatic rings. The summed E-state index contributed by atoms with van der Waals surface area (Å²) in [6.07, 6.45) is 2.73. The van der Waals surface area contributed by atoms with Crippen LogP contribution >= 0.6 is 11.8 Å². The molecule has 0 fully saturated rings. The molecule has 7 nitrogen and oxygen atoms in total. The zero-order chi connectivity index (χ0) is 15.9. The second kappa shape index (κ2) is 7.90. The van der Waals surface area contributed by atoms with Crippen LogP contribution in [-0.4, -0.2) is 55.9 Å². The molecule has 1 amide bonds. The van der Waals surface area contributed by atoms with E-state index in [-0.39, 0.29) is 18.6 Å². The van der Waals surface area contributed by atoms with E-state index in [1.165, 1.54) is 0 Å². The molecule has 1 heterocycles. The van der Waals surface area contributed by atoms with Crippen molar-refractivity contribution in [3.8, 4) is 5.69 Å². The van der Waals surface area contributed by atoms with Gasteiger partial charge in [0.15, 0.2) is 5.82 Å². The molecule has 0 radical (unpaired) electrons. The fourth-order valence-electron chi connectivity index (χ4n) is 1.99. The number of rotatable bonds is 7. The van der Waals surface area contributed by atoms with Crippen molar-refractivity contribution in [3.63, 3.8) is 0 Å². The zero-order valence-corrected chi connectivity index (χ0v) is 13.4. The Labute approximate surface area is 133 Å². The molecule has 0 saturated carbocycles. The Morgan fingerprint density at radius 2 is 2.32 bits per heavy atom. The molecule has 0 unspecified atom stereocenters. The molecular formula is C14H19N5O2S. The van der Waals surface area contributed by atoms with Crippen molar-refractivity contribution in [3.05, 3.63) is 35.7 Å². The van der Waals surface area contributed by atoms with Gasteiger partial charge in [0.05, 0.1) is 18.3 Å². The van der Waals surface area contributed by atoms with E-state index >= 15 is 0 Å². The average molecular weight is 321 g/mol. The number of nitrogens with zero attached hydrogens (tertiary/aromatic N) is 4. The topological polar surface area (TPSA) is 92.9 Å². The Morgan fingerprint density at radius 3 is 2.95 bits per heavy atom. The van der Waals surface area contributed by atoms with Crippen molar-refractivity contribution in [2.45, 2.75) is 19.4 Å². The summed E-state index contributed by atoms with van der Waals surface area (Å²) in [5.74, 6) is 1.31. The van der Waals surface area contributed by atoms with E-state index in [0.717, 1.165) is 17.9 Å². The van der Waals surface area contributed by atoms with Crippen LogP contribution < -0.4 is 5.32 Å². The largest absolute Gasteiger partial charge is 0.394 e. The number of carbonyl (C=O) groups excluding carboxylic acids is 1. The van der Waals surface area contributed by atoms with Crippen molar-refractivity contribution in [2.24, 2.45) is 0 Å². The van der Waals surface area contributed by atoms with E-state index in [4.69, 9.17) is 0 Å². The predicted molar refractivity (Wildman–Crippen MR) is 85.2 cm³/mol. The van der Waals surface area contributed by atoms with E-state index in [0.29, 0.717) is 11.4 Å². The van der Waals surface area contributed by atoms with Crippen LogP contribution in [-0.2, 0) is 0 Å². The molecule has 8 heteroatoms. The molecule has 22 heavy (non-hydrogen) atoms. The lowest BCUT2D eigenvalue weighted by molar-refractivity contribution is 0.0915. The van der Waals surface area contributed by atoms with Crippen molar-refractivity contribution in [1.82, 2.24) is 25.5 Å². The zero-order valence-electron chi connectivity index (χ0n) is 12.6. The van der Waals surface area contributed by atoms with Crippen LogP contribution in [0.15, 0.2) is 24.3 Å². The van der Waals surface area contributed by atoms with E-state index in [1.807, 2.05) is 12.3 Å². The summed E-state index contributed by atoms with van der Waals surface area (Å²) in [5, 5.41) is 23.5. The van der Waals surface area contributed by atoms with E-state index in [2.05, 4.69) is 20.8 Å². The lowest BCUT2D eigenvalue weighted by Crippen LogP contribution is -2.37. The minimum atomic E-state index is -0.238. The summed E-state index contributed by atoms with van der Waals surface area (Å²) >= 11 is 1.68. The maximum absolute atomic E-state index is 12.3. The first-order valence-electron chi connectivity index (χ1n) is 6.91. The predicted octanol–water partition coefficient (Wildman–Crippen LogP) is 0.815. The Hall–Kier alpha value is -1.93. The van der Waals surface area contributed by atoms with Gasteiger partial charge in [-0.15, -0.1) is 5.10 Å². The van der Waals surface area contributed by atoms with Gasteiger partial charge >= 0.3 is 0 Å². The SMILES string of the molecule is CSCC[C@H](CO)NC(=O)c1cccc(-n2nnnc2C)c1. The van der Waals surface area contributed by atoms with Crippen LogP contribution in [0.5, 0.6) is 0 Å².